The van der Waals surface area contributed by atoms with Gasteiger partial charge in [0, 0.05) is 6.54 Å². The van der Waals surface area contributed by atoms with Crippen LogP contribution in [-0.2, 0) is 14.3 Å². The molecule has 2 N–H and O–H groups in total. The van der Waals surface area contributed by atoms with E-state index in [1.54, 1.807) is 6.92 Å². The number of carbonyl (C=O) groups excluding carboxylic acids is 2. The lowest BCUT2D eigenvalue weighted by atomic mass is 10.2. The summed E-state index contributed by atoms with van der Waals surface area (Å²) in [5, 5.41) is 5.83. The highest BCUT2D eigenvalue weighted by Gasteiger charge is 2.21. The van der Waals surface area contributed by atoms with Gasteiger partial charge in [0.15, 0.2) is 0 Å². The van der Waals surface area contributed by atoms with Crippen molar-refractivity contribution >= 4 is 11.9 Å². The Morgan fingerprint density at radius 3 is 2.50 bits per heavy atom. The maximum absolute atomic E-state index is 11.5. The van der Waals surface area contributed by atoms with Crippen molar-refractivity contribution in [2.24, 2.45) is 11.8 Å². The van der Waals surface area contributed by atoms with Crippen LogP contribution < -0.4 is 10.6 Å². The molecular formula is C13H24N2O3. The highest BCUT2D eigenvalue weighted by Crippen LogP contribution is 2.27. The van der Waals surface area contributed by atoms with E-state index in [0.29, 0.717) is 13.1 Å². The van der Waals surface area contributed by atoms with Gasteiger partial charge in [-0.15, -0.1) is 0 Å². The van der Waals surface area contributed by atoms with Gasteiger partial charge >= 0.3 is 5.97 Å². The monoisotopic (exact) mass is 256 g/mol. The fourth-order valence-electron chi connectivity index (χ4n) is 1.47. The molecule has 1 atom stereocenters. The quantitative estimate of drug-likeness (QED) is 0.627. The first-order chi connectivity index (χ1) is 8.49. The Hall–Kier alpha value is -1.10. The Balaban J connectivity index is 2.06. The predicted octanol–water partition coefficient (Wildman–Crippen LogP) is 0.690. The zero-order valence-electron chi connectivity index (χ0n) is 11.5. The van der Waals surface area contributed by atoms with Gasteiger partial charge in [-0.25, -0.2) is 0 Å². The van der Waals surface area contributed by atoms with Crippen LogP contribution in [0.15, 0.2) is 0 Å². The molecule has 1 unspecified atom stereocenters. The molecule has 5 heteroatoms. The summed E-state index contributed by atoms with van der Waals surface area (Å²) < 4.78 is 5.06. The molecule has 0 aliphatic heterocycles. The van der Waals surface area contributed by atoms with Crippen molar-refractivity contribution in [2.75, 3.05) is 19.6 Å². The minimum absolute atomic E-state index is 0.0696. The SMILES string of the molecule is CC(C)OC(=O)C(C)CNC(=O)CNCC1CC1. The third kappa shape index (κ3) is 6.59. The second-order valence-corrected chi connectivity index (χ2v) is 5.27. The molecule has 0 saturated heterocycles. The molecular weight excluding hydrogens is 232 g/mol. The summed E-state index contributed by atoms with van der Waals surface area (Å²) >= 11 is 0. The topological polar surface area (TPSA) is 67.4 Å². The molecule has 0 heterocycles. The second-order valence-electron chi connectivity index (χ2n) is 5.27. The lowest BCUT2D eigenvalue weighted by Crippen LogP contribution is -2.38. The van der Waals surface area contributed by atoms with Gasteiger partial charge in [0.05, 0.1) is 18.6 Å². The summed E-state index contributed by atoms with van der Waals surface area (Å²) in [6, 6.07) is 0. The first-order valence-corrected chi connectivity index (χ1v) is 6.67. The third-order valence-corrected chi connectivity index (χ3v) is 2.78. The lowest BCUT2D eigenvalue weighted by molar-refractivity contribution is -0.151. The van der Waals surface area contributed by atoms with Crippen LogP contribution in [0.2, 0.25) is 0 Å². The van der Waals surface area contributed by atoms with E-state index < -0.39 is 0 Å². The molecule has 0 spiro atoms. The molecule has 5 nitrogen and oxygen atoms in total. The highest BCUT2D eigenvalue weighted by atomic mass is 16.5. The Labute approximate surface area is 109 Å². The number of esters is 1. The number of ether oxygens (including phenoxy) is 1. The maximum atomic E-state index is 11.5. The number of hydrogen-bond donors (Lipinski definition) is 2. The smallest absolute Gasteiger partial charge is 0.310 e. The first kappa shape index (κ1) is 15.0. The van der Waals surface area contributed by atoms with Crippen LogP contribution in [0.4, 0.5) is 0 Å². The maximum Gasteiger partial charge on any atom is 0.310 e. The third-order valence-electron chi connectivity index (χ3n) is 2.78. The molecule has 0 bridgehead atoms. The molecule has 104 valence electrons. The van der Waals surface area contributed by atoms with Crippen LogP contribution in [0.1, 0.15) is 33.6 Å². The summed E-state index contributed by atoms with van der Waals surface area (Å²) in [6.07, 6.45) is 2.43. The molecule has 1 amide bonds. The fraction of sp³-hybridized carbons (Fsp3) is 0.846. The summed E-state index contributed by atoms with van der Waals surface area (Å²) in [6.45, 7) is 6.94. The van der Waals surface area contributed by atoms with E-state index in [1.807, 2.05) is 13.8 Å². The molecule has 0 radical (unpaired) electrons. The molecule has 1 fully saturated rings. The summed E-state index contributed by atoms with van der Waals surface area (Å²) in [5.74, 6) is 0.119. The number of amides is 1. The zero-order chi connectivity index (χ0) is 13.5. The molecule has 0 aromatic rings. The Kier molecular flexibility index (Phi) is 6.12. The van der Waals surface area contributed by atoms with E-state index in [4.69, 9.17) is 4.74 Å². The molecule has 1 saturated carbocycles. The van der Waals surface area contributed by atoms with Crippen molar-refractivity contribution in [3.63, 3.8) is 0 Å². The molecule has 1 aliphatic carbocycles. The largest absolute Gasteiger partial charge is 0.463 e. The average molecular weight is 256 g/mol. The fourth-order valence-corrected chi connectivity index (χ4v) is 1.47. The molecule has 18 heavy (non-hydrogen) atoms. The van der Waals surface area contributed by atoms with Gasteiger partial charge < -0.3 is 15.4 Å². The van der Waals surface area contributed by atoms with Crippen LogP contribution in [0.3, 0.4) is 0 Å². The zero-order valence-corrected chi connectivity index (χ0v) is 11.5. The predicted molar refractivity (Wildman–Crippen MR) is 69.0 cm³/mol. The van der Waals surface area contributed by atoms with Crippen molar-refractivity contribution in [1.82, 2.24) is 10.6 Å². The van der Waals surface area contributed by atoms with Crippen LogP contribution in [-0.4, -0.2) is 37.6 Å². The van der Waals surface area contributed by atoms with Crippen molar-refractivity contribution in [3.8, 4) is 0 Å². The Morgan fingerprint density at radius 1 is 1.28 bits per heavy atom. The van der Waals surface area contributed by atoms with Gasteiger partial charge in [0.1, 0.15) is 0 Å². The van der Waals surface area contributed by atoms with E-state index >= 15 is 0 Å². The van der Waals surface area contributed by atoms with Gasteiger partial charge in [0.25, 0.3) is 0 Å². The van der Waals surface area contributed by atoms with Gasteiger partial charge in [-0.05, 0) is 39.2 Å². The van der Waals surface area contributed by atoms with Crippen molar-refractivity contribution < 1.29 is 14.3 Å². The van der Waals surface area contributed by atoms with E-state index in [-0.39, 0.29) is 23.9 Å². The standard InChI is InChI=1S/C13H24N2O3/c1-9(2)18-13(17)10(3)6-15-12(16)8-14-7-11-4-5-11/h9-11,14H,4-8H2,1-3H3,(H,15,16). The summed E-state index contributed by atoms with van der Waals surface area (Å²) in [7, 11) is 0. The number of nitrogens with one attached hydrogen (secondary N) is 2. The molecule has 1 rings (SSSR count). The second kappa shape index (κ2) is 7.36. The Bertz CT molecular complexity index is 288. The molecule has 1 aliphatic rings. The minimum Gasteiger partial charge on any atom is -0.463 e. The van der Waals surface area contributed by atoms with Crippen molar-refractivity contribution in [1.29, 1.82) is 0 Å². The van der Waals surface area contributed by atoms with Crippen LogP contribution >= 0.6 is 0 Å². The summed E-state index contributed by atoms with van der Waals surface area (Å²) in [4.78, 5) is 23.0. The van der Waals surface area contributed by atoms with Crippen LogP contribution in [0.25, 0.3) is 0 Å². The van der Waals surface area contributed by atoms with Gasteiger partial charge in [-0.2, -0.15) is 0 Å². The minimum atomic E-state index is -0.306. The van der Waals surface area contributed by atoms with Crippen LogP contribution in [0.5, 0.6) is 0 Å². The normalized spacial score (nSPS) is 16.4. The molecule has 0 aromatic carbocycles. The number of carbonyl (C=O) groups is 2. The Morgan fingerprint density at radius 2 is 1.94 bits per heavy atom. The van der Waals surface area contributed by atoms with Gasteiger partial charge in [0.2, 0.25) is 5.91 Å². The van der Waals surface area contributed by atoms with Crippen LogP contribution in [0, 0.1) is 11.8 Å². The lowest BCUT2D eigenvalue weighted by Gasteiger charge is -2.14. The number of hydrogen-bond acceptors (Lipinski definition) is 4. The highest BCUT2D eigenvalue weighted by molar-refractivity contribution is 5.79. The van der Waals surface area contributed by atoms with Crippen molar-refractivity contribution in [2.45, 2.75) is 39.7 Å². The van der Waals surface area contributed by atoms with E-state index in [0.717, 1.165) is 12.5 Å². The van der Waals surface area contributed by atoms with E-state index in [1.165, 1.54) is 12.8 Å². The van der Waals surface area contributed by atoms with E-state index in [9.17, 15) is 9.59 Å². The molecule has 0 aromatic heterocycles. The van der Waals surface area contributed by atoms with E-state index in [2.05, 4.69) is 10.6 Å². The first-order valence-electron chi connectivity index (χ1n) is 6.67. The average Bonchev–Trinajstić information content (AvgIpc) is 3.08. The van der Waals surface area contributed by atoms with Gasteiger partial charge in [-0.3, -0.25) is 9.59 Å². The van der Waals surface area contributed by atoms with Crippen molar-refractivity contribution in [3.05, 3.63) is 0 Å². The summed E-state index contributed by atoms with van der Waals surface area (Å²) in [5.41, 5.74) is 0. The van der Waals surface area contributed by atoms with Gasteiger partial charge in [-0.1, -0.05) is 6.92 Å². The number of rotatable bonds is 8.